The van der Waals surface area contributed by atoms with Crippen molar-refractivity contribution < 1.29 is 9.18 Å². The fourth-order valence-corrected chi connectivity index (χ4v) is 2.94. The highest BCUT2D eigenvalue weighted by molar-refractivity contribution is 7.22. The summed E-state index contributed by atoms with van der Waals surface area (Å²) in [6.07, 6.45) is 0. The SMILES string of the molecule is Cc1ccc2sc(NNC(=O)c3ccc(F)cc3)nc2c1C. The van der Waals surface area contributed by atoms with Crippen LogP contribution in [-0.2, 0) is 0 Å². The van der Waals surface area contributed by atoms with E-state index in [0.29, 0.717) is 10.7 Å². The fourth-order valence-electron chi connectivity index (χ4n) is 2.06. The smallest absolute Gasteiger partial charge is 0.269 e. The van der Waals surface area contributed by atoms with E-state index in [1.807, 2.05) is 19.9 Å². The van der Waals surface area contributed by atoms with Gasteiger partial charge in [-0.3, -0.25) is 15.6 Å². The molecule has 0 fully saturated rings. The molecule has 0 saturated heterocycles. The lowest BCUT2D eigenvalue weighted by atomic mass is 10.1. The van der Waals surface area contributed by atoms with E-state index in [4.69, 9.17) is 0 Å². The molecular weight excluding hydrogens is 301 g/mol. The Labute approximate surface area is 131 Å². The van der Waals surface area contributed by atoms with Crippen molar-refractivity contribution in [1.82, 2.24) is 10.4 Å². The molecule has 0 aliphatic rings. The van der Waals surface area contributed by atoms with E-state index in [0.717, 1.165) is 15.8 Å². The maximum atomic E-state index is 12.8. The van der Waals surface area contributed by atoms with Gasteiger partial charge in [0.05, 0.1) is 10.2 Å². The number of nitrogens with zero attached hydrogens (tertiary/aromatic N) is 1. The largest absolute Gasteiger partial charge is 0.273 e. The van der Waals surface area contributed by atoms with Crippen molar-refractivity contribution in [1.29, 1.82) is 0 Å². The number of aryl methyl sites for hydroxylation is 2. The summed E-state index contributed by atoms with van der Waals surface area (Å²) in [6.45, 7) is 4.07. The monoisotopic (exact) mass is 315 g/mol. The summed E-state index contributed by atoms with van der Waals surface area (Å²) in [5.74, 6) is -0.714. The third kappa shape index (κ3) is 2.78. The molecule has 3 aromatic rings. The van der Waals surface area contributed by atoms with Crippen LogP contribution in [0.4, 0.5) is 9.52 Å². The second-order valence-electron chi connectivity index (χ2n) is 4.96. The molecule has 0 bridgehead atoms. The topological polar surface area (TPSA) is 54.0 Å². The van der Waals surface area contributed by atoms with Crippen LogP contribution < -0.4 is 10.9 Å². The number of amides is 1. The van der Waals surface area contributed by atoms with Crippen LogP contribution in [0.15, 0.2) is 36.4 Å². The van der Waals surface area contributed by atoms with Crippen molar-refractivity contribution in [3.8, 4) is 0 Å². The second kappa shape index (κ2) is 5.73. The van der Waals surface area contributed by atoms with Crippen molar-refractivity contribution in [2.45, 2.75) is 13.8 Å². The Kier molecular flexibility index (Phi) is 3.77. The third-order valence-corrected chi connectivity index (χ3v) is 4.41. The Morgan fingerprint density at radius 3 is 2.59 bits per heavy atom. The number of hydrazine groups is 1. The minimum atomic E-state index is -0.374. The van der Waals surface area contributed by atoms with Crippen LogP contribution in [0.2, 0.25) is 0 Å². The van der Waals surface area contributed by atoms with Gasteiger partial charge < -0.3 is 0 Å². The molecule has 3 rings (SSSR count). The van der Waals surface area contributed by atoms with E-state index in [-0.39, 0.29) is 11.7 Å². The van der Waals surface area contributed by atoms with Crippen molar-refractivity contribution >= 4 is 32.6 Å². The molecule has 0 spiro atoms. The number of rotatable bonds is 3. The highest BCUT2D eigenvalue weighted by Crippen LogP contribution is 2.29. The molecule has 0 atom stereocenters. The average molecular weight is 315 g/mol. The number of carbonyl (C=O) groups is 1. The fraction of sp³-hybridized carbons (Fsp3) is 0.125. The predicted octanol–water partition coefficient (Wildman–Crippen LogP) is 3.81. The molecule has 22 heavy (non-hydrogen) atoms. The molecule has 112 valence electrons. The number of hydrogen-bond acceptors (Lipinski definition) is 4. The van der Waals surface area contributed by atoms with Crippen molar-refractivity contribution in [3.05, 3.63) is 58.9 Å². The van der Waals surface area contributed by atoms with Crippen molar-refractivity contribution in [3.63, 3.8) is 0 Å². The highest BCUT2D eigenvalue weighted by Gasteiger charge is 2.09. The number of fused-ring (bicyclic) bond motifs is 1. The van der Waals surface area contributed by atoms with Gasteiger partial charge in [0.2, 0.25) is 5.13 Å². The first-order valence-corrected chi connectivity index (χ1v) is 7.55. The minimum absolute atomic E-state index is 0.341. The van der Waals surface area contributed by atoms with Gasteiger partial charge >= 0.3 is 0 Å². The van der Waals surface area contributed by atoms with Gasteiger partial charge in [-0.25, -0.2) is 9.37 Å². The number of aromatic nitrogens is 1. The number of thiazole rings is 1. The first-order chi connectivity index (χ1) is 10.5. The second-order valence-corrected chi connectivity index (χ2v) is 5.99. The molecular formula is C16H14FN3OS. The first kappa shape index (κ1) is 14.5. The quantitative estimate of drug-likeness (QED) is 0.723. The zero-order valence-electron chi connectivity index (χ0n) is 12.1. The first-order valence-electron chi connectivity index (χ1n) is 6.73. The summed E-state index contributed by atoms with van der Waals surface area (Å²) >= 11 is 1.46. The van der Waals surface area contributed by atoms with Gasteiger partial charge in [-0.15, -0.1) is 0 Å². The van der Waals surface area contributed by atoms with E-state index in [9.17, 15) is 9.18 Å². The molecule has 1 aromatic heterocycles. The van der Waals surface area contributed by atoms with Crippen molar-refractivity contribution in [2.24, 2.45) is 0 Å². The Bertz CT molecular complexity index is 842. The lowest BCUT2D eigenvalue weighted by Gasteiger charge is -2.05. The van der Waals surface area contributed by atoms with Gasteiger partial charge in [-0.1, -0.05) is 17.4 Å². The molecule has 2 N–H and O–H groups in total. The summed E-state index contributed by atoms with van der Waals surface area (Å²) in [6, 6.07) is 9.42. The lowest BCUT2D eigenvalue weighted by molar-refractivity contribution is 0.0962. The van der Waals surface area contributed by atoms with Gasteiger partial charge in [0, 0.05) is 5.56 Å². The molecule has 0 aliphatic heterocycles. The molecule has 0 unspecified atom stereocenters. The minimum Gasteiger partial charge on any atom is -0.273 e. The molecule has 0 radical (unpaired) electrons. The summed E-state index contributed by atoms with van der Waals surface area (Å²) in [5, 5.41) is 0.610. The van der Waals surface area contributed by atoms with Gasteiger partial charge in [0.15, 0.2) is 0 Å². The number of benzene rings is 2. The van der Waals surface area contributed by atoms with Crippen LogP contribution in [-0.4, -0.2) is 10.9 Å². The van der Waals surface area contributed by atoms with Gasteiger partial charge in [-0.05, 0) is 55.3 Å². The number of anilines is 1. The third-order valence-electron chi connectivity index (χ3n) is 3.47. The molecule has 2 aromatic carbocycles. The maximum Gasteiger partial charge on any atom is 0.269 e. The standard InChI is InChI=1S/C16H14FN3OS/c1-9-3-8-13-14(10(9)2)18-16(22-13)20-19-15(21)11-4-6-12(17)7-5-11/h3-8H,1-2H3,(H,18,20)(H,19,21). The summed E-state index contributed by atoms with van der Waals surface area (Å²) in [4.78, 5) is 16.4. The Morgan fingerprint density at radius 2 is 1.86 bits per heavy atom. The zero-order valence-corrected chi connectivity index (χ0v) is 12.9. The highest BCUT2D eigenvalue weighted by atomic mass is 32.1. The molecule has 0 saturated carbocycles. The van der Waals surface area contributed by atoms with E-state index >= 15 is 0 Å². The lowest BCUT2D eigenvalue weighted by Crippen LogP contribution is -2.29. The maximum absolute atomic E-state index is 12.8. The van der Waals surface area contributed by atoms with Crippen LogP contribution in [0.5, 0.6) is 0 Å². The number of carbonyl (C=O) groups excluding carboxylic acids is 1. The van der Waals surface area contributed by atoms with Crippen LogP contribution in [0.25, 0.3) is 10.2 Å². The molecule has 1 amide bonds. The van der Waals surface area contributed by atoms with Crippen LogP contribution >= 0.6 is 11.3 Å². The number of nitrogens with one attached hydrogen (secondary N) is 2. The normalized spacial score (nSPS) is 10.7. The average Bonchev–Trinajstić information content (AvgIpc) is 2.93. The summed E-state index contributed by atoms with van der Waals surface area (Å²) < 4.78 is 13.9. The molecule has 4 nitrogen and oxygen atoms in total. The molecule has 0 aliphatic carbocycles. The van der Waals surface area contributed by atoms with Crippen molar-refractivity contribution in [2.75, 3.05) is 5.43 Å². The van der Waals surface area contributed by atoms with Crippen LogP contribution in [0.1, 0.15) is 21.5 Å². The van der Waals surface area contributed by atoms with E-state index in [2.05, 4.69) is 21.9 Å². The zero-order chi connectivity index (χ0) is 15.7. The summed E-state index contributed by atoms with van der Waals surface area (Å²) in [5.41, 5.74) is 9.00. The Hall–Kier alpha value is -2.47. The summed E-state index contributed by atoms with van der Waals surface area (Å²) in [7, 11) is 0. The Morgan fingerprint density at radius 1 is 1.14 bits per heavy atom. The van der Waals surface area contributed by atoms with E-state index in [1.54, 1.807) is 0 Å². The van der Waals surface area contributed by atoms with Gasteiger partial charge in [-0.2, -0.15) is 0 Å². The van der Waals surface area contributed by atoms with Crippen LogP contribution in [0, 0.1) is 19.7 Å². The Balaban J connectivity index is 1.75. The predicted molar refractivity (Wildman–Crippen MR) is 86.6 cm³/mol. The van der Waals surface area contributed by atoms with E-state index in [1.165, 1.54) is 41.2 Å². The van der Waals surface area contributed by atoms with Gasteiger partial charge in [0.1, 0.15) is 5.82 Å². The molecule has 6 heteroatoms. The number of halogens is 1. The van der Waals surface area contributed by atoms with Gasteiger partial charge in [0.25, 0.3) is 5.91 Å². The van der Waals surface area contributed by atoms with Crippen LogP contribution in [0.3, 0.4) is 0 Å². The molecule has 1 heterocycles. The number of hydrogen-bond donors (Lipinski definition) is 2. The van der Waals surface area contributed by atoms with E-state index < -0.39 is 0 Å².